The van der Waals surface area contributed by atoms with Gasteiger partial charge in [0.1, 0.15) is 5.82 Å². The van der Waals surface area contributed by atoms with Crippen molar-refractivity contribution < 1.29 is 4.79 Å². The molecule has 1 rings (SSSR count). The van der Waals surface area contributed by atoms with Crippen molar-refractivity contribution in [1.29, 1.82) is 0 Å². The van der Waals surface area contributed by atoms with Crippen LogP contribution in [0, 0.1) is 0 Å². The van der Waals surface area contributed by atoms with Crippen LogP contribution in [0.2, 0.25) is 0 Å². The Balaban J connectivity index is 2.99. The molecule has 0 aliphatic rings. The molecule has 0 aliphatic heterocycles. The van der Waals surface area contributed by atoms with Crippen LogP contribution in [-0.4, -0.2) is 35.5 Å². The monoisotopic (exact) mass is 309 g/mol. The van der Waals surface area contributed by atoms with E-state index < -0.39 is 0 Å². The molecule has 4 nitrogen and oxygen atoms in total. The highest BCUT2D eigenvalue weighted by molar-refractivity contribution is 7.99. The summed E-state index contributed by atoms with van der Waals surface area (Å²) in [5.41, 5.74) is 1.50. The number of aromatic nitrogens is 1. The first kappa shape index (κ1) is 17.8. The lowest BCUT2D eigenvalue weighted by atomic mass is 9.90. The zero-order valence-corrected chi connectivity index (χ0v) is 14.7. The van der Waals surface area contributed by atoms with Crippen LogP contribution in [0.3, 0.4) is 0 Å². The molecule has 0 fully saturated rings. The number of carbonyl (C=O) groups is 1. The number of anilines is 1. The number of nitrogens with one attached hydrogen (secondary N) is 2. The molecule has 2 N–H and O–H groups in total. The smallest absolute Gasteiger partial charge is 0.251 e. The zero-order chi connectivity index (χ0) is 16.0. The van der Waals surface area contributed by atoms with Crippen molar-refractivity contribution in [2.24, 2.45) is 0 Å². The summed E-state index contributed by atoms with van der Waals surface area (Å²) in [5, 5.41) is 6.59. The van der Waals surface area contributed by atoms with Gasteiger partial charge in [0, 0.05) is 35.0 Å². The summed E-state index contributed by atoms with van der Waals surface area (Å²) in [5.74, 6) is 0.718. The predicted molar refractivity (Wildman–Crippen MR) is 92.4 cm³/mol. The van der Waals surface area contributed by atoms with Crippen molar-refractivity contribution in [1.82, 2.24) is 10.3 Å². The minimum absolute atomic E-state index is 0.0389. The van der Waals surface area contributed by atoms with Crippen molar-refractivity contribution in [2.45, 2.75) is 45.3 Å². The highest BCUT2D eigenvalue weighted by Gasteiger charge is 2.19. The van der Waals surface area contributed by atoms with Crippen LogP contribution in [0.15, 0.2) is 12.1 Å². The molecule has 0 bridgehead atoms. The number of hydrogen-bond acceptors (Lipinski definition) is 4. The molecule has 1 heterocycles. The van der Waals surface area contributed by atoms with Gasteiger partial charge in [0.2, 0.25) is 0 Å². The van der Waals surface area contributed by atoms with E-state index in [0.29, 0.717) is 17.4 Å². The topological polar surface area (TPSA) is 54.0 Å². The van der Waals surface area contributed by atoms with E-state index in [1.807, 2.05) is 25.3 Å². The lowest BCUT2D eigenvalue weighted by molar-refractivity contribution is 0.0954. The first-order valence-electron chi connectivity index (χ1n) is 7.35. The Labute approximate surface area is 132 Å². The normalized spacial score (nSPS) is 12.9. The number of thioether (sulfide) groups is 1. The van der Waals surface area contributed by atoms with Gasteiger partial charge in [-0.15, -0.1) is 0 Å². The maximum Gasteiger partial charge on any atom is 0.251 e. The summed E-state index contributed by atoms with van der Waals surface area (Å²) in [6.45, 7) is 11.9. The second-order valence-corrected chi connectivity index (χ2v) is 7.44. The number of hydrogen-bond donors (Lipinski definition) is 2. The van der Waals surface area contributed by atoms with Gasteiger partial charge in [-0.25, -0.2) is 4.98 Å². The number of carbonyl (C=O) groups excluding carboxylic acids is 1. The lowest BCUT2D eigenvalue weighted by Crippen LogP contribution is -2.30. The van der Waals surface area contributed by atoms with Crippen LogP contribution >= 0.6 is 11.8 Å². The fraction of sp³-hybridized carbons (Fsp3) is 0.625. The van der Waals surface area contributed by atoms with Gasteiger partial charge in [0.15, 0.2) is 0 Å². The molecule has 1 aromatic rings. The Morgan fingerprint density at radius 3 is 2.57 bits per heavy atom. The standard InChI is InChI=1S/C16H27N3OS/c1-7-17-14-9-12(8-13(19-14)16(3,4)5)15(20)18-10-11(2)21-6/h8-9,11H,7,10H2,1-6H3,(H,17,19)(H,18,20). The van der Waals surface area contributed by atoms with E-state index in [4.69, 9.17) is 0 Å². The number of pyridine rings is 1. The summed E-state index contributed by atoms with van der Waals surface area (Å²) < 4.78 is 0. The summed E-state index contributed by atoms with van der Waals surface area (Å²) in [7, 11) is 0. The van der Waals surface area contributed by atoms with Gasteiger partial charge in [0.25, 0.3) is 5.91 Å². The summed E-state index contributed by atoms with van der Waals surface area (Å²) >= 11 is 1.74. The van der Waals surface area contributed by atoms with E-state index in [-0.39, 0.29) is 11.3 Å². The van der Waals surface area contributed by atoms with Gasteiger partial charge >= 0.3 is 0 Å². The van der Waals surface area contributed by atoms with E-state index >= 15 is 0 Å². The molecule has 0 aliphatic carbocycles. The fourth-order valence-electron chi connectivity index (χ4n) is 1.74. The maximum atomic E-state index is 12.3. The molecule has 0 saturated carbocycles. The van der Waals surface area contributed by atoms with Crippen LogP contribution in [0.5, 0.6) is 0 Å². The van der Waals surface area contributed by atoms with E-state index in [0.717, 1.165) is 18.1 Å². The molecular formula is C16H27N3OS. The predicted octanol–water partition coefficient (Wildman–Crippen LogP) is 3.29. The van der Waals surface area contributed by atoms with Gasteiger partial charge in [-0.1, -0.05) is 27.7 Å². The van der Waals surface area contributed by atoms with Crippen molar-refractivity contribution >= 4 is 23.5 Å². The molecular weight excluding hydrogens is 282 g/mol. The molecule has 1 atom stereocenters. The van der Waals surface area contributed by atoms with E-state index in [1.165, 1.54) is 0 Å². The summed E-state index contributed by atoms with van der Waals surface area (Å²) in [4.78, 5) is 16.9. The molecule has 0 spiro atoms. The average Bonchev–Trinajstić information content (AvgIpc) is 2.43. The average molecular weight is 309 g/mol. The largest absolute Gasteiger partial charge is 0.370 e. The first-order valence-corrected chi connectivity index (χ1v) is 8.64. The third kappa shape index (κ3) is 5.58. The Kier molecular flexibility index (Phi) is 6.52. The van der Waals surface area contributed by atoms with E-state index in [9.17, 15) is 4.79 Å². The van der Waals surface area contributed by atoms with Gasteiger partial charge in [-0.3, -0.25) is 4.79 Å². The van der Waals surface area contributed by atoms with Gasteiger partial charge in [-0.05, 0) is 25.3 Å². The SMILES string of the molecule is CCNc1cc(C(=O)NCC(C)SC)cc(C(C)(C)C)n1. The van der Waals surface area contributed by atoms with Crippen LogP contribution in [0.4, 0.5) is 5.82 Å². The van der Waals surface area contributed by atoms with Crippen molar-refractivity contribution in [3.63, 3.8) is 0 Å². The second-order valence-electron chi connectivity index (χ2n) is 6.16. The Morgan fingerprint density at radius 1 is 1.38 bits per heavy atom. The van der Waals surface area contributed by atoms with Crippen LogP contribution < -0.4 is 10.6 Å². The zero-order valence-electron chi connectivity index (χ0n) is 13.9. The van der Waals surface area contributed by atoms with Crippen molar-refractivity contribution in [2.75, 3.05) is 24.7 Å². The van der Waals surface area contributed by atoms with Gasteiger partial charge in [0.05, 0.1) is 0 Å². The lowest BCUT2D eigenvalue weighted by Gasteiger charge is -2.20. The van der Waals surface area contributed by atoms with Crippen LogP contribution in [-0.2, 0) is 5.41 Å². The van der Waals surface area contributed by atoms with Crippen LogP contribution in [0.1, 0.15) is 50.7 Å². The molecule has 0 radical (unpaired) electrons. The molecule has 1 aromatic heterocycles. The van der Waals surface area contributed by atoms with Crippen molar-refractivity contribution in [3.05, 3.63) is 23.4 Å². The minimum Gasteiger partial charge on any atom is -0.370 e. The van der Waals surface area contributed by atoms with E-state index in [1.54, 1.807) is 11.8 Å². The maximum absolute atomic E-state index is 12.3. The fourth-order valence-corrected chi connectivity index (χ4v) is 1.99. The first-order chi connectivity index (χ1) is 9.77. The highest BCUT2D eigenvalue weighted by Crippen LogP contribution is 2.23. The van der Waals surface area contributed by atoms with Gasteiger partial charge < -0.3 is 10.6 Å². The molecule has 1 unspecified atom stereocenters. The Hall–Kier alpha value is -1.23. The third-order valence-electron chi connectivity index (χ3n) is 3.17. The molecule has 118 valence electrons. The van der Waals surface area contributed by atoms with E-state index in [2.05, 4.69) is 43.3 Å². The number of rotatable bonds is 6. The number of amides is 1. The Morgan fingerprint density at radius 2 is 2.05 bits per heavy atom. The van der Waals surface area contributed by atoms with Crippen LogP contribution in [0.25, 0.3) is 0 Å². The van der Waals surface area contributed by atoms with Crippen molar-refractivity contribution in [3.8, 4) is 0 Å². The Bertz CT molecular complexity index is 483. The molecule has 0 saturated heterocycles. The molecule has 21 heavy (non-hydrogen) atoms. The van der Waals surface area contributed by atoms with Gasteiger partial charge in [-0.2, -0.15) is 11.8 Å². The quantitative estimate of drug-likeness (QED) is 0.846. The molecule has 5 heteroatoms. The highest BCUT2D eigenvalue weighted by atomic mass is 32.2. The molecule has 1 amide bonds. The third-order valence-corrected chi connectivity index (χ3v) is 4.14. The summed E-state index contributed by atoms with van der Waals surface area (Å²) in [6.07, 6.45) is 2.05. The summed E-state index contributed by atoms with van der Waals surface area (Å²) in [6, 6.07) is 3.71. The minimum atomic E-state index is -0.0903. The number of nitrogens with zero attached hydrogens (tertiary/aromatic N) is 1. The molecule has 0 aromatic carbocycles. The second kappa shape index (κ2) is 7.69.